The van der Waals surface area contributed by atoms with Crippen molar-refractivity contribution < 1.29 is 32.1 Å². The van der Waals surface area contributed by atoms with Crippen LogP contribution in [-0.4, -0.2) is 31.4 Å². The first-order chi connectivity index (χ1) is 14.4. The summed E-state index contributed by atoms with van der Waals surface area (Å²) >= 11 is 0. The number of rotatable bonds is 6. The lowest BCUT2D eigenvalue weighted by Gasteiger charge is -2.25. The quantitative estimate of drug-likeness (QED) is 0.455. The fourth-order valence-electron chi connectivity index (χ4n) is 3.72. The molecule has 0 saturated heterocycles. The van der Waals surface area contributed by atoms with Gasteiger partial charge in [0.25, 0.3) is 5.91 Å². The molecule has 2 heterocycles. The zero-order valence-corrected chi connectivity index (χ0v) is 17.6. The Morgan fingerprint density at radius 3 is 2.58 bits per heavy atom. The number of anilines is 1. The van der Waals surface area contributed by atoms with Gasteiger partial charge >= 0.3 is 11.2 Å². The molecule has 0 aliphatic heterocycles. The summed E-state index contributed by atoms with van der Waals surface area (Å²) in [4.78, 5) is 13.0. The monoisotopic (exact) mass is 458 g/mol. The van der Waals surface area contributed by atoms with Crippen molar-refractivity contribution in [1.29, 1.82) is 4.78 Å². The molecule has 31 heavy (non-hydrogen) atoms. The minimum absolute atomic E-state index is 0.0182. The van der Waals surface area contributed by atoms with Gasteiger partial charge < -0.3 is 5.32 Å². The van der Waals surface area contributed by atoms with Crippen LogP contribution in [0.3, 0.4) is 0 Å². The van der Waals surface area contributed by atoms with Crippen molar-refractivity contribution >= 4 is 21.3 Å². The van der Waals surface area contributed by atoms with E-state index in [2.05, 4.69) is 10.4 Å². The molecular formula is C19H23F3N5O3S+. The zero-order chi connectivity index (χ0) is 22.6. The van der Waals surface area contributed by atoms with Gasteiger partial charge in [-0.1, -0.05) is 6.42 Å². The van der Waals surface area contributed by atoms with Gasteiger partial charge in [0.1, 0.15) is 21.0 Å². The molecule has 2 aromatic rings. The van der Waals surface area contributed by atoms with E-state index in [0.717, 1.165) is 37.8 Å². The van der Waals surface area contributed by atoms with Crippen LogP contribution in [0.25, 0.3) is 0 Å². The van der Waals surface area contributed by atoms with Gasteiger partial charge in [-0.3, -0.25) is 14.7 Å². The molecule has 0 radical (unpaired) electrons. The summed E-state index contributed by atoms with van der Waals surface area (Å²) in [7, 11) is -3.34. The van der Waals surface area contributed by atoms with Crippen molar-refractivity contribution in [2.24, 2.45) is 5.92 Å². The number of halogens is 3. The van der Waals surface area contributed by atoms with Gasteiger partial charge in [-0.05, 0) is 31.6 Å². The smallest absolute Gasteiger partial charge is 0.320 e. The van der Waals surface area contributed by atoms with Gasteiger partial charge in [-0.15, -0.1) is 0 Å². The lowest BCUT2D eigenvalue weighted by atomic mass is 9.85. The van der Waals surface area contributed by atoms with Gasteiger partial charge in [-0.25, -0.2) is 8.99 Å². The maximum atomic E-state index is 14.0. The van der Waals surface area contributed by atoms with Crippen LogP contribution >= 0.6 is 0 Å². The van der Waals surface area contributed by atoms with Crippen LogP contribution in [0.15, 0.2) is 23.4 Å². The third kappa shape index (κ3) is 4.39. The molecule has 3 N–H and O–H groups in total. The van der Waals surface area contributed by atoms with E-state index >= 15 is 0 Å². The number of aromatic nitrogens is 3. The standard InChI is InChI=1S/C19H22F3N5O3S/c1-31(23,30)14-9-13(7-8-27(14)29)24-18(28)17-15(19(20,21)22)16(12-5-6-12)25-26(17)10-11-3-2-4-11/h7-9,11-12,23,29H,2-6,10H2,1H3/p+1. The van der Waals surface area contributed by atoms with Gasteiger partial charge in [0.2, 0.25) is 6.20 Å². The van der Waals surface area contributed by atoms with Crippen LogP contribution in [0.2, 0.25) is 0 Å². The maximum absolute atomic E-state index is 14.0. The molecule has 0 aromatic carbocycles. The number of carbonyl (C=O) groups is 1. The number of pyridine rings is 1. The predicted molar refractivity (Wildman–Crippen MR) is 103 cm³/mol. The van der Waals surface area contributed by atoms with Crippen molar-refractivity contribution in [3.8, 4) is 0 Å². The molecule has 2 fully saturated rings. The first-order valence-corrected chi connectivity index (χ1v) is 11.9. The molecule has 1 unspecified atom stereocenters. The van der Waals surface area contributed by atoms with Crippen LogP contribution < -0.4 is 10.0 Å². The van der Waals surface area contributed by atoms with Crippen LogP contribution in [0, 0.1) is 10.7 Å². The van der Waals surface area contributed by atoms with Crippen molar-refractivity contribution in [1.82, 2.24) is 9.78 Å². The van der Waals surface area contributed by atoms with Crippen LogP contribution in [0.5, 0.6) is 0 Å². The van der Waals surface area contributed by atoms with Crippen LogP contribution in [0.4, 0.5) is 18.9 Å². The van der Waals surface area contributed by atoms with Crippen molar-refractivity contribution in [3.63, 3.8) is 0 Å². The van der Waals surface area contributed by atoms with E-state index in [1.54, 1.807) is 0 Å². The summed E-state index contributed by atoms with van der Waals surface area (Å²) in [6, 6.07) is 2.35. The number of hydrogen-bond donors (Lipinski definition) is 3. The molecule has 12 heteroatoms. The van der Waals surface area contributed by atoms with Crippen molar-refractivity contribution in [3.05, 3.63) is 35.3 Å². The summed E-state index contributed by atoms with van der Waals surface area (Å²) in [6.07, 6.45) is 1.40. The molecule has 2 aliphatic carbocycles. The summed E-state index contributed by atoms with van der Waals surface area (Å²) in [6.45, 7) is 0.241. The largest absolute Gasteiger partial charge is 0.420 e. The third-order valence-corrected chi connectivity index (χ3v) is 6.76. The first-order valence-electron chi connectivity index (χ1n) is 9.93. The van der Waals surface area contributed by atoms with Gasteiger partial charge in [0.05, 0.1) is 11.4 Å². The number of hydrogen-bond acceptors (Lipinski definition) is 5. The highest BCUT2D eigenvalue weighted by Crippen LogP contribution is 2.47. The highest BCUT2D eigenvalue weighted by atomic mass is 32.2. The third-order valence-electron chi connectivity index (χ3n) is 5.66. The Bertz CT molecular complexity index is 1140. The minimum atomic E-state index is -4.74. The first kappa shape index (κ1) is 21.6. The summed E-state index contributed by atoms with van der Waals surface area (Å²) < 4.78 is 63.3. The SMILES string of the molecule is CS(=N)(=O)c1cc(NC(=O)c2c(C(F)(F)F)c(C3CC3)nn2CC2CCC2)cc[n+]1O. The molecule has 0 bridgehead atoms. The number of carbonyl (C=O) groups excluding carboxylic acids is 1. The Balaban J connectivity index is 1.74. The predicted octanol–water partition coefficient (Wildman–Crippen LogP) is 3.39. The summed E-state index contributed by atoms with van der Waals surface area (Å²) in [5, 5.41) is 16.1. The van der Waals surface area contributed by atoms with E-state index in [9.17, 15) is 27.4 Å². The highest BCUT2D eigenvalue weighted by Gasteiger charge is 2.46. The minimum Gasteiger partial charge on any atom is -0.320 e. The van der Waals surface area contributed by atoms with E-state index in [1.807, 2.05) is 0 Å². The van der Waals surface area contributed by atoms with E-state index in [4.69, 9.17) is 4.78 Å². The second kappa shape index (κ2) is 7.50. The average Bonchev–Trinajstić information content (AvgIpc) is 3.38. The average molecular weight is 458 g/mol. The van der Waals surface area contributed by atoms with Gasteiger partial charge in [-0.2, -0.15) is 18.3 Å². The van der Waals surface area contributed by atoms with Crippen molar-refractivity contribution in [2.75, 3.05) is 11.6 Å². The van der Waals surface area contributed by atoms with E-state index in [0.29, 0.717) is 17.6 Å². The number of amides is 1. The van der Waals surface area contributed by atoms with Crippen molar-refractivity contribution in [2.45, 2.75) is 55.8 Å². The molecular weight excluding hydrogens is 435 g/mol. The molecule has 2 saturated carbocycles. The number of nitrogens with one attached hydrogen (secondary N) is 2. The van der Waals surface area contributed by atoms with E-state index in [1.165, 1.54) is 10.7 Å². The van der Waals surface area contributed by atoms with E-state index in [-0.39, 0.29) is 34.8 Å². The Morgan fingerprint density at radius 1 is 1.39 bits per heavy atom. The number of nitrogens with zero attached hydrogens (tertiary/aromatic N) is 3. The molecule has 4 rings (SSSR count). The summed E-state index contributed by atoms with van der Waals surface area (Å²) in [5.74, 6) is -1.10. The van der Waals surface area contributed by atoms with Crippen LogP contribution in [0.1, 0.15) is 59.8 Å². The van der Waals surface area contributed by atoms with Gasteiger partial charge in [0.15, 0.2) is 0 Å². The van der Waals surface area contributed by atoms with E-state index < -0.39 is 33.1 Å². The van der Waals surface area contributed by atoms with Crippen LogP contribution in [-0.2, 0) is 22.5 Å². The Labute approximate surface area is 177 Å². The number of alkyl halides is 3. The fraction of sp³-hybridized carbons (Fsp3) is 0.526. The molecule has 8 nitrogen and oxygen atoms in total. The lowest BCUT2D eigenvalue weighted by Crippen LogP contribution is -2.36. The second-order valence-corrected chi connectivity index (χ2v) is 10.4. The molecule has 0 spiro atoms. The Morgan fingerprint density at radius 2 is 2.06 bits per heavy atom. The normalized spacial score (nSPS) is 19.0. The zero-order valence-electron chi connectivity index (χ0n) is 16.8. The highest BCUT2D eigenvalue weighted by molar-refractivity contribution is 7.91. The lowest BCUT2D eigenvalue weighted by molar-refractivity contribution is -0.932. The Kier molecular flexibility index (Phi) is 5.23. The second-order valence-electron chi connectivity index (χ2n) is 8.26. The molecule has 2 aromatic heterocycles. The molecule has 1 amide bonds. The Hall–Kier alpha value is -2.63. The fourth-order valence-corrected chi connectivity index (χ4v) is 4.49. The molecule has 1 atom stereocenters. The molecule has 168 valence electrons. The topological polar surface area (TPSA) is 112 Å². The molecule has 2 aliphatic rings. The van der Waals surface area contributed by atoms with Gasteiger partial charge in [0, 0.05) is 35.6 Å². The summed E-state index contributed by atoms with van der Waals surface area (Å²) in [5.41, 5.74) is -1.60. The maximum Gasteiger partial charge on any atom is 0.420 e.